The molecular weight excluding hydrogens is 391 g/mol. The van der Waals surface area contributed by atoms with Gasteiger partial charge in [0, 0.05) is 9.14 Å². The van der Waals surface area contributed by atoms with E-state index in [9.17, 15) is 9.90 Å². The largest absolute Gasteiger partial charge is 0.508 e. The number of phenolic OH excluding ortho intramolecular Hbond substituents is 1. The van der Waals surface area contributed by atoms with Crippen molar-refractivity contribution in [2.75, 3.05) is 0 Å². The Labute approximate surface area is 143 Å². The van der Waals surface area contributed by atoms with Crippen LogP contribution in [0.5, 0.6) is 5.75 Å². The van der Waals surface area contributed by atoms with Gasteiger partial charge < -0.3 is 9.84 Å². The number of rotatable bonds is 4. The Balaban J connectivity index is 2.44. The zero-order chi connectivity index (χ0) is 16.3. The first-order valence-electron chi connectivity index (χ1n) is 6.80. The van der Waals surface area contributed by atoms with E-state index in [1.54, 1.807) is 31.2 Å². The Bertz CT molecular complexity index is 705. The van der Waals surface area contributed by atoms with Crippen LogP contribution in [0.4, 0.5) is 0 Å². The van der Waals surface area contributed by atoms with Crippen molar-refractivity contribution in [1.29, 1.82) is 0 Å². The fraction of sp³-hybridized carbons (Fsp3) is 0.167. The summed E-state index contributed by atoms with van der Waals surface area (Å²) >= 11 is 2.26. The Morgan fingerprint density at radius 2 is 1.77 bits per heavy atom. The van der Waals surface area contributed by atoms with Gasteiger partial charge in [-0.25, -0.2) is 4.79 Å². The van der Waals surface area contributed by atoms with Crippen molar-refractivity contribution in [3.63, 3.8) is 0 Å². The van der Waals surface area contributed by atoms with Gasteiger partial charge in [0.1, 0.15) is 5.75 Å². The summed E-state index contributed by atoms with van der Waals surface area (Å²) in [6.45, 7) is 7.27. The fourth-order valence-electron chi connectivity index (χ4n) is 1.96. The maximum atomic E-state index is 11.9. The number of aromatic hydroxyl groups is 1. The van der Waals surface area contributed by atoms with Crippen molar-refractivity contribution >= 4 is 28.6 Å². The lowest BCUT2D eigenvalue weighted by atomic mass is 10.00. The van der Waals surface area contributed by atoms with E-state index >= 15 is 0 Å². The van der Waals surface area contributed by atoms with Crippen molar-refractivity contribution in [2.24, 2.45) is 0 Å². The Kier molecular flexibility index (Phi) is 5.24. The molecule has 4 heteroatoms. The monoisotopic (exact) mass is 408 g/mol. The topological polar surface area (TPSA) is 46.5 Å². The highest BCUT2D eigenvalue weighted by molar-refractivity contribution is 14.1. The standard InChI is InChI=1S/C18H17IO3/c1-11(2)18(21)22-17(13-6-8-15(20)9-7-13)14-5-4-12(3)16(19)10-14/h4-10,17,20H,1H2,2-3H3. The molecule has 2 aromatic rings. The van der Waals surface area contributed by atoms with Gasteiger partial charge in [0.2, 0.25) is 0 Å². The molecular formula is C18H17IO3. The van der Waals surface area contributed by atoms with E-state index in [4.69, 9.17) is 4.74 Å². The number of hydrogen-bond donors (Lipinski definition) is 1. The minimum absolute atomic E-state index is 0.173. The Morgan fingerprint density at radius 3 is 2.32 bits per heavy atom. The van der Waals surface area contributed by atoms with Gasteiger partial charge >= 0.3 is 5.97 Å². The van der Waals surface area contributed by atoms with Gasteiger partial charge in [0.15, 0.2) is 6.10 Å². The molecule has 2 aromatic carbocycles. The predicted molar refractivity (Wildman–Crippen MR) is 94.8 cm³/mol. The number of carbonyl (C=O) groups is 1. The average molecular weight is 408 g/mol. The van der Waals surface area contributed by atoms with Crippen LogP contribution in [0, 0.1) is 10.5 Å². The summed E-state index contributed by atoms with van der Waals surface area (Å²) in [4.78, 5) is 11.9. The van der Waals surface area contributed by atoms with Gasteiger partial charge in [-0.15, -0.1) is 0 Å². The summed E-state index contributed by atoms with van der Waals surface area (Å²) in [6.07, 6.45) is -0.529. The molecule has 0 aliphatic heterocycles. The summed E-state index contributed by atoms with van der Waals surface area (Å²) in [6, 6.07) is 12.6. The number of aryl methyl sites for hydroxylation is 1. The summed E-state index contributed by atoms with van der Waals surface area (Å²) < 4.78 is 6.70. The van der Waals surface area contributed by atoms with E-state index in [1.165, 1.54) is 5.56 Å². The number of halogens is 1. The average Bonchev–Trinajstić information content (AvgIpc) is 2.48. The lowest BCUT2D eigenvalue weighted by molar-refractivity contribution is -0.142. The maximum absolute atomic E-state index is 11.9. The molecule has 1 unspecified atom stereocenters. The van der Waals surface area contributed by atoms with Crippen LogP contribution in [0.1, 0.15) is 29.7 Å². The van der Waals surface area contributed by atoms with Crippen molar-refractivity contribution in [2.45, 2.75) is 20.0 Å². The van der Waals surface area contributed by atoms with Crippen LogP contribution in [-0.4, -0.2) is 11.1 Å². The number of ether oxygens (including phenoxy) is 1. The fourth-order valence-corrected chi connectivity index (χ4v) is 2.50. The van der Waals surface area contributed by atoms with Crippen molar-refractivity contribution < 1.29 is 14.6 Å². The van der Waals surface area contributed by atoms with Crippen LogP contribution in [0.15, 0.2) is 54.6 Å². The molecule has 0 spiro atoms. The first-order valence-corrected chi connectivity index (χ1v) is 7.88. The molecule has 0 bridgehead atoms. The highest BCUT2D eigenvalue weighted by Crippen LogP contribution is 2.30. The molecule has 22 heavy (non-hydrogen) atoms. The van der Waals surface area contributed by atoms with Gasteiger partial charge in [-0.1, -0.05) is 30.8 Å². The smallest absolute Gasteiger partial charge is 0.334 e. The second kappa shape index (κ2) is 6.96. The number of hydrogen-bond acceptors (Lipinski definition) is 3. The molecule has 3 nitrogen and oxygen atoms in total. The SMILES string of the molecule is C=C(C)C(=O)OC(c1ccc(O)cc1)c1ccc(C)c(I)c1. The van der Waals surface area contributed by atoms with E-state index in [-0.39, 0.29) is 5.75 Å². The second-order valence-electron chi connectivity index (χ2n) is 5.17. The molecule has 0 saturated heterocycles. The summed E-state index contributed by atoms with van der Waals surface area (Å²) in [5.41, 5.74) is 3.20. The highest BCUT2D eigenvalue weighted by atomic mass is 127. The highest BCUT2D eigenvalue weighted by Gasteiger charge is 2.20. The Hall–Kier alpha value is -1.82. The zero-order valence-electron chi connectivity index (χ0n) is 12.5. The van der Waals surface area contributed by atoms with Crippen molar-refractivity contribution in [3.8, 4) is 5.75 Å². The first kappa shape index (κ1) is 16.5. The molecule has 0 aliphatic rings. The van der Waals surface area contributed by atoms with Gasteiger partial charge in [0.25, 0.3) is 0 Å². The van der Waals surface area contributed by atoms with Crippen LogP contribution >= 0.6 is 22.6 Å². The number of carbonyl (C=O) groups excluding carboxylic acids is 1. The molecule has 1 atom stereocenters. The quantitative estimate of drug-likeness (QED) is 0.460. The van der Waals surface area contributed by atoms with Gasteiger partial charge in [-0.2, -0.15) is 0 Å². The molecule has 2 rings (SSSR count). The lowest BCUT2D eigenvalue weighted by Gasteiger charge is -2.20. The molecule has 0 heterocycles. The third-order valence-electron chi connectivity index (χ3n) is 3.27. The van der Waals surface area contributed by atoms with Crippen molar-refractivity contribution in [1.82, 2.24) is 0 Å². The molecule has 0 aliphatic carbocycles. The van der Waals surface area contributed by atoms with Crippen LogP contribution in [-0.2, 0) is 9.53 Å². The third-order valence-corrected chi connectivity index (χ3v) is 4.43. The van der Waals surface area contributed by atoms with Crippen LogP contribution in [0.2, 0.25) is 0 Å². The third kappa shape index (κ3) is 3.88. The van der Waals surface area contributed by atoms with Crippen LogP contribution < -0.4 is 0 Å². The van der Waals surface area contributed by atoms with Crippen LogP contribution in [0.3, 0.4) is 0 Å². The van der Waals surface area contributed by atoms with Gasteiger partial charge in [-0.05, 0) is 71.3 Å². The molecule has 0 aromatic heterocycles. The number of esters is 1. The van der Waals surface area contributed by atoms with E-state index in [2.05, 4.69) is 29.2 Å². The maximum Gasteiger partial charge on any atom is 0.334 e. The Morgan fingerprint density at radius 1 is 1.18 bits per heavy atom. The normalized spacial score (nSPS) is 11.8. The lowest BCUT2D eigenvalue weighted by Crippen LogP contribution is -2.13. The van der Waals surface area contributed by atoms with E-state index in [1.807, 2.05) is 25.1 Å². The molecule has 0 fully saturated rings. The molecule has 0 saturated carbocycles. The summed E-state index contributed by atoms with van der Waals surface area (Å²) in [5.74, 6) is -0.263. The second-order valence-corrected chi connectivity index (χ2v) is 6.33. The van der Waals surface area contributed by atoms with Gasteiger partial charge in [0.05, 0.1) is 0 Å². The number of benzene rings is 2. The predicted octanol–water partition coefficient (Wildman–Crippen LogP) is 4.51. The molecule has 0 amide bonds. The van der Waals surface area contributed by atoms with E-state index in [0.29, 0.717) is 5.57 Å². The summed E-state index contributed by atoms with van der Waals surface area (Å²) in [5, 5.41) is 9.44. The van der Waals surface area contributed by atoms with E-state index < -0.39 is 12.1 Å². The van der Waals surface area contributed by atoms with E-state index in [0.717, 1.165) is 14.7 Å². The van der Waals surface area contributed by atoms with Crippen molar-refractivity contribution in [3.05, 3.63) is 74.9 Å². The van der Waals surface area contributed by atoms with Crippen LogP contribution in [0.25, 0.3) is 0 Å². The van der Waals surface area contributed by atoms with Gasteiger partial charge in [-0.3, -0.25) is 0 Å². The number of phenols is 1. The first-order chi connectivity index (χ1) is 10.4. The molecule has 114 valence electrons. The minimum atomic E-state index is -0.529. The summed E-state index contributed by atoms with van der Waals surface area (Å²) in [7, 11) is 0. The minimum Gasteiger partial charge on any atom is -0.508 e. The molecule has 0 radical (unpaired) electrons. The zero-order valence-corrected chi connectivity index (χ0v) is 14.6. The molecule has 1 N–H and O–H groups in total.